The first-order valence-electron chi connectivity index (χ1n) is 8.15. The molecule has 1 aromatic heterocycles. The van der Waals surface area contributed by atoms with Crippen LogP contribution in [0.15, 0.2) is 35.4 Å². The quantitative estimate of drug-likeness (QED) is 0.882. The standard InChI is InChI=1S/C17H23N3O2S/c1-13-16(11-18-20-13)12-19-23(21,22)17-9-7-15(8-10-17)14-5-3-2-4-6-14/h7-11,14,19H,2-6,12H2,1H3,(H,18,20). The zero-order valence-corrected chi connectivity index (χ0v) is 14.2. The van der Waals surface area contributed by atoms with E-state index in [1.807, 2.05) is 19.1 Å². The molecule has 23 heavy (non-hydrogen) atoms. The number of nitrogens with zero attached hydrogens (tertiary/aromatic N) is 1. The second-order valence-corrected chi connectivity index (χ2v) is 8.02. The Hall–Kier alpha value is -1.66. The predicted octanol–water partition coefficient (Wildman–Crippen LogP) is 3.24. The number of aromatic nitrogens is 2. The van der Waals surface area contributed by atoms with Crippen LogP contribution in [0.3, 0.4) is 0 Å². The van der Waals surface area contributed by atoms with Crippen LogP contribution in [0.2, 0.25) is 0 Å². The van der Waals surface area contributed by atoms with Crippen molar-refractivity contribution in [2.24, 2.45) is 0 Å². The topological polar surface area (TPSA) is 74.8 Å². The van der Waals surface area contributed by atoms with E-state index < -0.39 is 10.0 Å². The number of nitrogens with one attached hydrogen (secondary N) is 2. The molecule has 1 aliphatic carbocycles. The van der Waals surface area contributed by atoms with Crippen molar-refractivity contribution in [2.75, 3.05) is 0 Å². The lowest BCUT2D eigenvalue weighted by atomic mass is 9.84. The Morgan fingerprint density at radius 3 is 2.48 bits per heavy atom. The fourth-order valence-electron chi connectivity index (χ4n) is 3.17. The molecule has 0 spiro atoms. The van der Waals surface area contributed by atoms with Crippen LogP contribution < -0.4 is 4.72 Å². The molecule has 0 amide bonds. The summed E-state index contributed by atoms with van der Waals surface area (Å²) in [6, 6.07) is 7.37. The van der Waals surface area contributed by atoms with Gasteiger partial charge in [-0.15, -0.1) is 0 Å². The molecule has 2 N–H and O–H groups in total. The third-order valence-electron chi connectivity index (χ3n) is 4.65. The smallest absolute Gasteiger partial charge is 0.240 e. The van der Waals surface area contributed by atoms with Gasteiger partial charge in [-0.05, 0) is 43.4 Å². The van der Waals surface area contributed by atoms with Crippen molar-refractivity contribution < 1.29 is 8.42 Å². The molecule has 1 fully saturated rings. The van der Waals surface area contributed by atoms with Crippen LogP contribution in [0, 0.1) is 6.92 Å². The van der Waals surface area contributed by atoms with Crippen molar-refractivity contribution in [3.63, 3.8) is 0 Å². The second kappa shape index (κ2) is 6.84. The molecular formula is C17H23N3O2S. The summed E-state index contributed by atoms with van der Waals surface area (Å²) in [6.45, 7) is 2.12. The van der Waals surface area contributed by atoms with Gasteiger partial charge in [-0.25, -0.2) is 13.1 Å². The SMILES string of the molecule is Cc1[nH]ncc1CNS(=O)(=O)c1ccc(C2CCCCC2)cc1. The van der Waals surface area contributed by atoms with Gasteiger partial charge in [0.25, 0.3) is 0 Å². The molecule has 0 aliphatic heterocycles. The maximum Gasteiger partial charge on any atom is 0.240 e. The minimum absolute atomic E-state index is 0.245. The maximum absolute atomic E-state index is 12.4. The molecule has 1 heterocycles. The molecule has 6 heteroatoms. The zero-order valence-electron chi connectivity index (χ0n) is 13.4. The Morgan fingerprint density at radius 2 is 1.87 bits per heavy atom. The van der Waals surface area contributed by atoms with Crippen LogP contribution in [-0.4, -0.2) is 18.6 Å². The third kappa shape index (κ3) is 3.82. The van der Waals surface area contributed by atoms with E-state index in [4.69, 9.17) is 0 Å². The van der Waals surface area contributed by atoms with Crippen molar-refractivity contribution in [2.45, 2.75) is 56.4 Å². The number of H-pyrrole nitrogens is 1. The summed E-state index contributed by atoms with van der Waals surface area (Å²) in [5, 5.41) is 6.70. The third-order valence-corrected chi connectivity index (χ3v) is 6.07. The average Bonchev–Trinajstić information content (AvgIpc) is 2.99. The number of hydrogen-bond donors (Lipinski definition) is 2. The minimum Gasteiger partial charge on any atom is -0.283 e. The van der Waals surface area contributed by atoms with Crippen molar-refractivity contribution in [1.82, 2.24) is 14.9 Å². The minimum atomic E-state index is -3.49. The van der Waals surface area contributed by atoms with E-state index >= 15 is 0 Å². The lowest BCUT2D eigenvalue weighted by Crippen LogP contribution is -2.23. The molecule has 0 atom stereocenters. The number of benzene rings is 1. The first-order chi connectivity index (χ1) is 11.1. The molecule has 1 saturated carbocycles. The highest BCUT2D eigenvalue weighted by molar-refractivity contribution is 7.89. The summed E-state index contributed by atoms with van der Waals surface area (Å²) in [7, 11) is -3.49. The molecule has 0 saturated heterocycles. The Bertz CT molecular complexity index is 744. The molecule has 124 valence electrons. The summed E-state index contributed by atoms with van der Waals surface area (Å²) >= 11 is 0. The van der Waals surface area contributed by atoms with Crippen molar-refractivity contribution in [3.05, 3.63) is 47.3 Å². The van der Waals surface area contributed by atoms with Gasteiger partial charge in [-0.3, -0.25) is 5.10 Å². The van der Waals surface area contributed by atoms with Gasteiger partial charge in [0.15, 0.2) is 0 Å². The van der Waals surface area contributed by atoms with E-state index in [9.17, 15) is 8.42 Å². The number of hydrogen-bond acceptors (Lipinski definition) is 3. The predicted molar refractivity (Wildman–Crippen MR) is 89.6 cm³/mol. The summed E-state index contributed by atoms with van der Waals surface area (Å²) in [5.74, 6) is 0.585. The molecule has 3 rings (SSSR count). The Morgan fingerprint density at radius 1 is 1.17 bits per heavy atom. The molecule has 2 aromatic rings. The molecule has 5 nitrogen and oxygen atoms in total. The highest BCUT2D eigenvalue weighted by Gasteiger charge is 2.18. The second-order valence-electron chi connectivity index (χ2n) is 6.25. The van der Waals surface area contributed by atoms with Gasteiger partial charge in [0.05, 0.1) is 11.1 Å². The Labute approximate surface area is 137 Å². The highest BCUT2D eigenvalue weighted by atomic mass is 32.2. The van der Waals surface area contributed by atoms with E-state index in [0.29, 0.717) is 10.8 Å². The Balaban J connectivity index is 1.68. The molecular weight excluding hydrogens is 310 g/mol. The van der Waals surface area contributed by atoms with Gasteiger partial charge in [0.2, 0.25) is 10.0 Å². The first-order valence-corrected chi connectivity index (χ1v) is 9.63. The van der Waals surface area contributed by atoms with Gasteiger partial charge in [0.1, 0.15) is 0 Å². The fraction of sp³-hybridized carbons (Fsp3) is 0.471. The van der Waals surface area contributed by atoms with Crippen LogP contribution in [0.5, 0.6) is 0 Å². The van der Waals surface area contributed by atoms with Crippen LogP contribution in [-0.2, 0) is 16.6 Å². The van der Waals surface area contributed by atoms with Gasteiger partial charge in [0, 0.05) is 17.8 Å². The summed E-state index contributed by atoms with van der Waals surface area (Å²) in [6.07, 6.45) is 7.94. The van der Waals surface area contributed by atoms with E-state index in [1.54, 1.807) is 18.3 Å². The van der Waals surface area contributed by atoms with Crippen molar-refractivity contribution in [3.8, 4) is 0 Å². The van der Waals surface area contributed by atoms with Gasteiger partial charge < -0.3 is 0 Å². The highest BCUT2D eigenvalue weighted by Crippen LogP contribution is 2.32. The van der Waals surface area contributed by atoms with Crippen LogP contribution >= 0.6 is 0 Å². The summed E-state index contributed by atoms with van der Waals surface area (Å²) in [5.41, 5.74) is 2.99. The normalized spacial score (nSPS) is 16.6. The summed E-state index contributed by atoms with van der Waals surface area (Å²) in [4.78, 5) is 0.318. The average molecular weight is 333 g/mol. The number of aromatic amines is 1. The molecule has 0 unspecified atom stereocenters. The fourth-order valence-corrected chi connectivity index (χ4v) is 4.17. The lowest BCUT2D eigenvalue weighted by Gasteiger charge is -2.22. The molecule has 1 aromatic carbocycles. The van der Waals surface area contributed by atoms with Gasteiger partial charge >= 0.3 is 0 Å². The first kappa shape index (κ1) is 16.2. The molecule has 1 aliphatic rings. The van der Waals surface area contributed by atoms with E-state index in [1.165, 1.54) is 37.7 Å². The van der Waals surface area contributed by atoms with Crippen molar-refractivity contribution >= 4 is 10.0 Å². The molecule has 0 bridgehead atoms. The van der Waals surface area contributed by atoms with Crippen LogP contribution in [0.25, 0.3) is 0 Å². The Kier molecular flexibility index (Phi) is 4.82. The lowest BCUT2D eigenvalue weighted by molar-refractivity contribution is 0.443. The molecule has 0 radical (unpaired) electrons. The number of rotatable bonds is 5. The van der Waals surface area contributed by atoms with Crippen molar-refractivity contribution in [1.29, 1.82) is 0 Å². The maximum atomic E-state index is 12.4. The van der Waals surface area contributed by atoms with Crippen LogP contribution in [0.4, 0.5) is 0 Å². The van der Waals surface area contributed by atoms with Gasteiger partial charge in [-0.2, -0.15) is 5.10 Å². The number of sulfonamides is 1. The van der Waals surface area contributed by atoms with Crippen LogP contribution in [0.1, 0.15) is 54.8 Å². The monoisotopic (exact) mass is 333 g/mol. The largest absolute Gasteiger partial charge is 0.283 e. The van der Waals surface area contributed by atoms with E-state index in [2.05, 4.69) is 14.9 Å². The van der Waals surface area contributed by atoms with E-state index in [0.717, 1.165) is 11.3 Å². The van der Waals surface area contributed by atoms with E-state index in [-0.39, 0.29) is 6.54 Å². The zero-order chi connectivity index (χ0) is 16.3. The summed E-state index contributed by atoms with van der Waals surface area (Å²) < 4.78 is 27.4. The number of aryl methyl sites for hydroxylation is 1. The van der Waals surface area contributed by atoms with Gasteiger partial charge in [-0.1, -0.05) is 31.4 Å².